The Bertz CT molecular complexity index is 1500. The standard InChI is InChI=1S/C23H24Cl2N4O5S/c1-23(2,3)34-22(31)28-11-5-8-17(28)20-27-19-16(25)10-9-15(24)18(19)21(30)29(20)13-6-4-7-14(12-13)35(26,32)33/h4,6-7,9-10,12,17H,5,8,11H2,1-3H3,(H2,26,32,33). The molecule has 0 saturated carbocycles. The Morgan fingerprint density at radius 2 is 1.86 bits per heavy atom. The first-order valence-electron chi connectivity index (χ1n) is 10.8. The van der Waals surface area contributed by atoms with Gasteiger partial charge >= 0.3 is 6.09 Å². The first-order valence-corrected chi connectivity index (χ1v) is 13.1. The van der Waals surface area contributed by atoms with Crippen molar-refractivity contribution in [1.82, 2.24) is 14.5 Å². The van der Waals surface area contributed by atoms with Crippen molar-refractivity contribution >= 4 is 50.2 Å². The minimum atomic E-state index is -4.05. The van der Waals surface area contributed by atoms with E-state index in [4.69, 9.17) is 38.1 Å². The summed E-state index contributed by atoms with van der Waals surface area (Å²) in [4.78, 5) is 32.8. The monoisotopic (exact) mass is 538 g/mol. The lowest BCUT2D eigenvalue weighted by Gasteiger charge is -2.29. The van der Waals surface area contributed by atoms with Crippen molar-refractivity contribution in [3.63, 3.8) is 0 Å². The Hall–Kier alpha value is -2.66. The van der Waals surface area contributed by atoms with Crippen LogP contribution < -0.4 is 10.7 Å². The van der Waals surface area contributed by atoms with Crippen LogP contribution in [0.4, 0.5) is 4.79 Å². The van der Waals surface area contributed by atoms with E-state index in [1.165, 1.54) is 39.8 Å². The Labute approximate surface area is 212 Å². The van der Waals surface area contributed by atoms with Crippen LogP contribution in [-0.2, 0) is 14.8 Å². The summed E-state index contributed by atoms with van der Waals surface area (Å²) in [5, 5.41) is 5.75. The average Bonchev–Trinajstić information content (AvgIpc) is 3.24. The van der Waals surface area contributed by atoms with Crippen molar-refractivity contribution in [1.29, 1.82) is 0 Å². The Kier molecular flexibility index (Phi) is 6.60. The van der Waals surface area contributed by atoms with Gasteiger partial charge in [0.2, 0.25) is 10.0 Å². The summed E-state index contributed by atoms with van der Waals surface area (Å²) < 4.78 is 30.8. The van der Waals surface area contributed by atoms with Gasteiger partial charge in [-0.05, 0) is 63.9 Å². The second-order valence-electron chi connectivity index (χ2n) is 9.24. The fourth-order valence-electron chi connectivity index (χ4n) is 4.08. The topological polar surface area (TPSA) is 125 Å². The number of benzene rings is 2. The number of halogens is 2. The number of hydrogen-bond donors (Lipinski definition) is 1. The zero-order valence-corrected chi connectivity index (χ0v) is 21.6. The lowest BCUT2D eigenvalue weighted by atomic mass is 10.1. The van der Waals surface area contributed by atoms with Crippen LogP contribution in [0.15, 0.2) is 46.1 Å². The molecule has 1 aliphatic rings. The first-order chi connectivity index (χ1) is 16.3. The van der Waals surface area contributed by atoms with E-state index in [1.807, 2.05) is 0 Å². The van der Waals surface area contributed by atoms with Crippen molar-refractivity contribution in [3.05, 3.63) is 62.6 Å². The molecule has 2 aromatic carbocycles. The van der Waals surface area contributed by atoms with Crippen molar-refractivity contribution in [2.75, 3.05) is 6.54 Å². The van der Waals surface area contributed by atoms with Gasteiger partial charge in [0.25, 0.3) is 5.56 Å². The molecule has 1 saturated heterocycles. The lowest BCUT2D eigenvalue weighted by molar-refractivity contribution is 0.0216. The minimum absolute atomic E-state index is 0.0748. The highest BCUT2D eigenvalue weighted by Gasteiger charge is 2.37. The number of ether oxygens (including phenoxy) is 1. The van der Waals surface area contributed by atoms with Gasteiger partial charge in [0.05, 0.1) is 37.6 Å². The fourth-order valence-corrected chi connectivity index (χ4v) is 5.07. The molecule has 2 N–H and O–H groups in total. The van der Waals surface area contributed by atoms with Gasteiger partial charge in [0, 0.05) is 6.54 Å². The number of carbonyl (C=O) groups excluding carboxylic acids is 1. The number of aromatic nitrogens is 2. The number of rotatable bonds is 3. The molecular weight excluding hydrogens is 515 g/mol. The Morgan fingerprint density at radius 3 is 2.51 bits per heavy atom. The highest BCUT2D eigenvalue weighted by molar-refractivity contribution is 7.89. The maximum atomic E-state index is 13.8. The average molecular weight is 539 g/mol. The number of nitrogens with zero attached hydrogens (tertiary/aromatic N) is 3. The summed E-state index contributed by atoms with van der Waals surface area (Å²) in [5.41, 5.74) is -0.881. The van der Waals surface area contributed by atoms with E-state index >= 15 is 0 Å². The van der Waals surface area contributed by atoms with E-state index in [9.17, 15) is 18.0 Å². The second kappa shape index (κ2) is 9.09. The fraction of sp³-hybridized carbons (Fsp3) is 0.348. The van der Waals surface area contributed by atoms with E-state index < -0.39 is 33.3 Å². The van der Waals surface area contributed by atoms with Gasteiger partial charge in [-0.1, -0.05) is 29.3 Å². The number of amides is 1. The minimum Gasteiger partial charge on any atom is -0.444 e. The molecule has 1 aromatic heterocycles. The molecule has 9 nitrogen and oxygen atoms in total. The van der Waals surface area contributed by atoms with Crippen LogP contribution in [0.5, 0.6) is 0 Å². The normalized spacial score (nSPS) is 16.6. The molecule has 186 valence electrons. The van der Waals surface area contributed by atoms with Crippen LogP contribution in [0.1, 0.15) is 45.5 Å². The Morgan fingerprint density at radius 1 is 1.17 bits per heavy atom. The molecule has 35 heavy (non-hydrogen) atoms. The Balaban J connectivity index is 2.01. The molecule has 0 aliphatic carbocycles. The molecule has 0 bridgehead atoms. The van der Waals surface area contributed by atoms with Crippen LogP contribution in [0.25, 0.3) is 16.6 Å². The molecular formula is C23H24Cl2N4O5S. The lowest BCUT2D eigenvalue weighted by Crippen LogP contribution is -2.38. The van der Waals surface area contributed by atoms with Crippen molar-refractivity contribution in [2.24, 2.45) is 5.14 Å². The molecule has 0 radical (unpaired) electrons. The molecule has 1 unspecified atom stereocenters. The summed E-state index contributed by atoms with van der Waals surface area (Å²) >= 11 is 12.7. The molecule has 1 atom stereocenters. The number of carbonyl (C=O) groups is 1. The van der Waals surface area contributed by atoms with Crippen molar-refractivity contribution in [2.45, 2.75) is 50.2 Å². The third kappa shape index (κ3) is 5.02. The summed E-state index contributed by atoms with van der Waals surface area (Å²) in [7, 11) is -4.05. The maximum absolute atomic E-state index is 13.8. The summed E-state index contributed by atoms with van der Waals surface area (Å²) in [6.45, 7) is 5.69. The molecule has 4 rings (SSSR count). The molecule has 1 fully saturated rings. The van der Waals surface area contributed by atoms with E-state index in [-0.39, 0.29) is 37.4 Å². The van der Waals surface area contributed by atoms with Crippen molar-refractivity contribution < 1.29 is 17.9 Å². The largest absolute Gasteiger partial charge is 0.444 e. The van der Waals surface area contributed by atoms with E-state index in [1.54, 1.807) is 26.8 Å². The summed E-state index contributed by atoms with van der Waals surface area (Å²) in [6.07, 6.45) is 0.610. The predicted octanol–water partition coefficient (Wildman–Crippen LogP) is 4.41. The van der Waals surface area contributed by atoms with Crippen LogP contribution in [0.3, 0.4) is 0 Å². The number of nitrogens with two attached hydrogens (primary N) is 1. The summed E-state index contributed by atoms with van der Waals surface area (Å²) in [6, 6.07) is 8.02. The highest BCUT2D eigenvalue weighted by atomic mass is 35.5. The van der Waals surface area contributed by atoms with E-state index in [0.717, 1.165) is 0 Å². The number of likely N-dealkylation sites (tertiary alicyclic amines) is 1. The molecule has 1 aliphatic heterocycles. The van der Waals surface area contributed by atoms with Crippen LogP contribution in [0, 0.1) is 0 Å². The molecule has 12 heteroatoms. The van der Waals surface area contributed by atoms with Gasteiger partial charge in [-0.25, -0.2) is 23.3 Å². The van der Waals surface area contributed by atoms with Crippen LogP contribution in [0.2, 0.25) is 10.0 Å². The number of fused-ring (bicyclic) bond motifs is 1. The van der Waals surface area contributed by atoms with Crippen molar-refractivity contribution in [3.8, 4) is 5.69 Å². The van der Waals surface area contributed by atoms with Gasteiger partial charge in [-0.2, -0.15) is 0 Å². The molecule has 3 aromatic rings. The third-order valence-corrected chi connectivity index (χ3v) is 7.06. The quantitative estimate of drug-likeness (QED) is 0.526. The number of sulfonamides is 1. The third-order valence-electron chi connectivity index (χ3n) is 5.53. The smallest absolute Gasteiger partial charge is 0.410 e. The van der Waals surface area contributed by atoms with Crippen LogP contribution in [-0.4, -0.2) is 41.1 Å². The first kappa shape index (κ1) is 25.4. The van der Waals surface area contributed by atoms with Gasteiger partial charge in [-0.15, -0.1) is 0 Å². The zero-order chi connectivity index (χ0) is 25.7. The number of primary sulfonamides is 1. The second-order valence-corrected chi connectivity index (χ2v) is 11.6. The molecule has 2 heterocycles. The van der Waals surface area contributed by atoms with Gasteiger partial charge in [-0.3, -0.25) is 14.3 Å². The van der Waals surface area contributed by atoms with Gasteiger partial charge in [0.15, 0.2) is 0 Å². The van der Waals surface area contributed by atoms with Gasteiger partial charge in [0.1, 0.15) is 11.4 Å². The zero-order valence-electron chi connectivity index (χ0n) is 19.3. The molecule has 0 spiro atoms. The van der Waals surface area contributed by atoms with Crippen LogP contribution >= 0.6 is 23.2 Å². The van der Waals surface area contributed by atoms with E-state index in [0.29, 0.717) is 19.4 Å². The van der Waals surface area contributed by atoms with Gasteiger partial charge < -0.3 is 4.74 Å². The predicted molar refractivity (Wildman–Crippen MR) is 134 cm³/mol. The SMILES string of the molecule is CC(C)(C)OC(=O)N1CCCC1c1nc2c(Cl)ccc(Cl)c2c(=O)n1-c1cccc(S(N)(=O)=O)c1. The van der Waals surface area contributed by atoms with E-state index in [2.05, 4.69) is 0 Å². The number of hydrogen-bond acceptors (Lipinski definition) is 6. The maximum Gasteiger partial charge on any atom is 0.410 e. The molecule has 1 amide bonds. The summed E-state index contributed by atoms with van der Waals surface area (Å²) in [5.74, 6) is 0.210. The highest BCUT2D eigenvalue weighted by Crippen LogP contribution is 2.35.